The summed E-state index contributed by atoms with van der Waals surface area (Å²) < 4.78 is 6.89. The number of benzene rings is 1. The Kier molecular flexibility index (Phi) is 5.82. The molecule has 0 aromatic heterocycles. The van der Waals surface area contributed by atoms with E-state index < -0.39 is 0 Å². The molecule has 0 amide bonds. The molecule has 0 spiro atoms. The van der Waals surface area contributed by atoms with Crippen molar-refractivity contribution in [2.75, 3.05) is 26.2 Å². The van der Waals surface area contributed by atoms with Gasteiger partial charge < -0.3 is 10.5 Å². The van der Waals surface area contributed by atoms with Crippen LogP contribution in [0.5, 0.6) is 0 Å². The standard InChI is InChI=1S/C15H23BrN2O/c1-2-18(11-12-6-5-9-19-12)15(10-17)13-7-3-4-8-14(13)16/h3-4,7-8,12,15H,2,5-6,9-11,17H2,1H3. The van der Waals surface area contributed by atoms with E-state index in [9.17, 15) is 0 Å². The lowest BCUT2D eigenvalue weighted by molar-refractivity contribution is 0.0600. The van der Waals surface area contributed by atoms with Crippen molar-refractivity contribution in [2.24, 2.45) is 5.73 Å². The largest absolute Gasteiger partial charge is 0.377 e. The average molecular weight is 327 g/mol. The second-order valence-corrected chi connectivity index (χ2v) is 5.85. The number of rotatable bonds is 6. The van der Waals surface area contributed by atoms with E-state index in [0.29, 0.717) is 12.6 Å². The van der Waals surface area contributed by atoms with Crippen LogP contribution in [0.3, 0.4) is 0 Å². The van der Waals surface area contributed by atoms with Gasteiger partial charge in [-0.25, -0.2) is 0 Å². The minimum Gasteiger partial charge on any atom is -0.377 e. The molecule has 3 nitrogen and oxygen atoms in total. The summed E-state index contributed by atoms with van der Waals surface area (Å²) in [5.74, 6) is 0. The predicted octanol–water partition coefficient (Wildman–Crippen LogP) is 2.95. The van der Waals surface area contributed by atoms with E-state index in [1.807, 2.05) is 6.07 Å². The molecule has 1 aromatic rings. The number of hydrogen-bond donors (Lipinski definition) is 1. The maximum Gasteiger partial charge on any atom is 0.0703 e. The van der Waals surface area contributed by atoms with Crippen molar-refractivity contribution in [3.05, 3.63) is 34.3 Å². The van der Waals surface area contributed by atoms with Crippen molar-refractivity contribution in [3.8, 4) is 0 Å². The average Bonchev–Trinajstić information content (AvgIpc) is 2.93. The van der Waals surface area contributed by atoms with Crippen LogP contribution >= 0.6 is 15.9 Å². The molecule has 0 aliphatic carbocycles. The summed E-state index contributed by atoms with van der Waals surface area (Å²) in [5.41, 5.74) is 7.29. The van der Waals surface area contributed by atoms with Crippen LogP contribution in [0, 0.1) is 0 Å². The highest BCUT2D eigenvalue weighted by molar-refractivity contribution is 9.10. The lowest BCUT2D eigenvalue weighted by Crippen LogP contribution is -2.38. The van der Waals surface area contributed by atoms with Gasteiger partial charge in [0.2, 0.25) is 0 Å². The molecule has 2 rings (SSSR count). The summed E-state index contributed by atoms with van der Waals surface area (Å²) >= 11 is 3.63. The molecule has 1 saturated heterocycles. The topological polar surface area (TPSA) is 38.5 Å². The predicted molar refractivity (Wildman–Crippen MR) is 82.2 cm³/mol. The molecule has 4 heteroatoms. The number of ether oxygens (including phenoxy) is 1. The van der Waals surface area contributed by atoms with E-state index in [-0.39, 0.29) is 6.04 Å². The van der Waals surface area contributed by atoms with Crippen LogP contribution < -0.4 is 5.73 Å². The second kappa shape index (κ2) is 7.39. The summed E-state index contributed by atoms with van der Waals surface area (Å²) in [6, 6.07) is 8.60. The number of hydrogen-bond acceptors (Lipinski definition) is 3. The van der Waals surface area contributed by atoms with Gasteiger partial charge in [-0.3, -0.25) is 4.90 Å². The number of nitrogens with zero attached hydrogens (tertiary/aromatic N) is 1. The molecule has 0 radical (unpaired) electrons. The van der Waals surface area contributed by atoms with E-state index in [1.165, 1.54) is 18.4 Å². The maximum atomic E-state index is 6.02. The van der Waals surface area contributed by atoms with Crippen LogP contribution in [0.2, 0.25) is 0 Å². The Balaban J connectivity index is 2.11. The molecule has 0 bridgehead atoms. The highest BCUT2D eigenvalue weighted by Gasteiger charge is 2.24. The quantitative estimate of drug-likeness (QED) is 0.873. The first-order valence-electron chi connectivity index (χ1n) is 7.06. The third-order valence-corrected chi connectivity index (χ3v) is 4.52. The van der Waals surface area contributed by atoms with Crippen molar-refractivity contribution in [1.29, 1.82) is 0 Å². The molecule has 1 aliphatic rings. The molecule has 19 heavy (non-hydrogen) atoms. The summed E-state index contributed by atoms with van der Waals surface area (Å²) in [6.45, 7) is 5.69. The van der Waals surface area contributed by atoms with Gasteiger partial charge in [0.1, 0.15) is 0 Å². The van der Waals surface area contributed by atoms with Crippen LogP contribution in [-0.2, 0) is 4.74 Å². The van der Waals surface area contributed by atoms with Gasteiger partial charge >= 0.3 is 0 Å². The van der Waals surface area contributed by atoms with Gasteiger partial charge in [0.05, 0.1) is 6.10 Å². The molecular weight excluding hydrogens is 304 g/mol. The zero-order valence-corrected chi connectivity index (χ0v) is 13.1. The molecule has 2 N–H and O–H groups in total. The maximum absolute atomic E-state index is 6.02. The molecule has 1 aromatic carbocycles. The van der Waals surface area contributed by atoms with E-state index in [4.69, 9.17) is 10.5 Å². The zero-order chi connectivity index (χ0) is 13.7. The second-order valence-electron chi connectivity index (χ2n) is 5.00. The van der Waals surface area contributed by atoms with E-state index in [1.54, 1.807) is 0 Å². The summed E-state index contributed by atoms with van der Waals surface area (Å²) in [4.78, 5) is 2.43. The molecule has 1 heterocycles. The molecule has 2 atom stereocenters. The first kappa shape index (κ1) is 15.0. The Morgan fingerprint density at radius 2 is 2.26 bits per heavy atom. The first-order valence-corrected chi connectivity index (χ1v) is 7.85. The van der Waals surface area contributed by atoms with Gasteiger partial charge in [-0.05, 0) is 31.0 Å². The molecular formula is C15H23BrN2O. The van der Waals surface area contributed by atoms with Crippen LogP contribution in [-0.4, -0.2) is 37.2 Å². The number of likely N-dealkylation sites (N-methyl/N-ethyl adjacent to an activating group) is 1. The molecule has 1 aliphatic heterocycles. The smallest absolute Gasteiger partial charge is 0.0703 e. The van der Waals surface area contributed by atoms with Gasteiger partial charge in [-0.15, -0.1) is 0 Å². The fraction of sp³-hybridized carbons (Fsp3) is 0.600. The number of halogens is 1. The van der Waals surface area contributed by atoms with Crippen LogP contribution in [0.1, 0.15) is 31.4 Å². The summed E-state index contributed by atoms with van der Waals surface area (Å²) in [6.07, 6.45) is 2.73. The van der Waals surface area contributed by atoms with Crippen molar-refractivity contribution in [2.45, 2.75) is 31.9 Å². The molecule has 2 unspecified atom stereocenters. The summed E-state index contributed by atoms with van der Waals surface area (Å²) in [5, 5.41) is 0. The van der Waals surface area contributed by atoms with Gasteiger partial charge in [0.15, 0.2) is 0 Å². The highest BCUT2D eigenvalue weighted by Crippen LogP contribution is 2.28. The van der Waals surface area contributed by atoms with Crippen molar-refractivity contribution in [3.63, 3.8) is 0 Å². The van der Waals surface area contributed by atoms with E-state index >= 15 is 0 Å². The Morgan fingerprint density at radius 3 is 2.84 bits per heavy atom. The van der Waals surface area contributed by atoms with Crippen LogP contribution in [0.15, 0.2) is 28.7 Å². The Morgan fingerprint density at radius 1 is 1.47 bits per heavy atom. The Labute approximate surface area is 124 Å². The van der Waals surface area contributed by atoms with Crippen LogP contribution in [0.4, 0.5) is 0 Å². The van der Waals surface area contributed by atoms with E-state index in [2.05, 4.69) is 46.0 Å². The Hall–Kier alpha value is -0.420. The third-order valence-electron chi connectivity index (χ3n) is 3.80. The van der Waals surface area contributed by atoms with Gasteiger partial charge in [0, 0.05) is 30.2 Å². The number of nitrogens with two attached hydrogens (primary N) is 1. The SMILES string of the molecule is CCN(CC1CCCO1)C(CN)c1ccccc1Br. The minimum atomic E-state index is 0.254. The molecule has 106 valence electrons. The minimum absolute atomic E-state index is 0.254. The van der Waals surface area contributed by atoms with Crippen LogP contribution in [0.25, 0.3) is 0 Å². The lowest BCUT2D eigenvalue weighted by atomic mass is 10.0. The molecule has 0 saturated carbocycles. The van der Waals surface area contributed by atoms with Crippen molar-refractivity contribution in [1.82, 2.24) is 4.90 Å². The fourth-order valence-corrected chi connectivity index (χ4v) is 3.29. The van der Waals surface area contributed by atoms with E-state index in [0.717, 1.165) is 24.2 Å². The van der Waals surface area contributed by atoms with Crippen molar-refractivity contribution >= 4 is 15.9 Å². The normalized spacial score (nSPS) is 20.9. The molecule has 1 fully saturated rings. The lowest BCUT2D eigenvalue weighted by Gasteiger charge is -2.32. The third kappa shape index (κ3) is 3.78. The van der Waals surface area contributed by atoms with Gasteiger partial charge in [-0.1, -0.05) is 41.1 Å². The van der Waals surface area contributed by atoms with Gasteiger partial charge in [0.25, 0.3) is 0 Å². The fourth-order valence-electron chi connectivity index (χ4n) is 2.74. The van der Waals surface area contributed by atoms with Gasteiger partial charge in [-0.2, -0.15) is 0 Å². The monoisotopic (exact) mass is 326 g/mol. The highest BCUT2D eigenvalue weighted by atomic mass is 79.9. The van der Waals surface area contributed by atoms with Crippen molar-refractivity contribution < 1.29 is 4.74 Å². The summed E-state index contributed by atoms with van der Waals surface area (Å²) in [7, 11) is 0. The Bertz CT molecular complexity index is 393. The first-order chi connectivity index (χ1) is 9.26. The zero-order valence-electron chi connectivity index (χ0n) is 11.5.